The van der Waals surface area contributed by atoms with Crippen LogP contribution in [0.5, 0.6) is 5.88 Å². The minimum absolute atomic E-state index is 0.120. The van der Waals surface area contributed by atoms with E-state index in [4.69, 9.17) is 11.6 Å². The van der Waals surface area contributed by atoms with Crippen molar-refractivity contribution in [3.05, 3.63) is 47.1 Å². The lowest BCUT2D eigenvalue weighted by Crippen LogP contribution is -2.37. The zero-order valence-corrected chi connectivity index (χ0v) is 14.5. The zero-order chi connectivity index (χ0) is 18.1. The maximum absolute atomic E-state index is 12.7. The van der Waals surface area contributed by atoms with E-state index in [2.05, 4.69) is 20.1 Å². The van der Waals surface area contributed by atoms with Crippen LogP contribution in [0.25, 0.3) is 11.1 Å². The molecular formula is C18H17ClF2N4O. The Morgan fingerprint density at radius 2 is 2.15 bits per heavy atom. The molecule has 1 aliphatic carbocycles. The first kappa shape index (κ1) is 17.2. The maximum atomic E-state index is 12.7. The molecule has 2 aromatic rings. The molecule has 1 N–H and O–H groups in total. The van der Waals surface area contributed by atoms with E-state index in [1.807, 2.05) is 5.01 Å². The molecule has 0 saturated heterocycles. The van der Waals surface area contributed by atoms with Gasteiger partial charge >= 0.3 is 6.61 Å². The summed E-state index contributed by atoms with van der Waals surface area (Å²) in [5.41, 5.74) is 5.31. The lowest BCUT2D eigenvalue weighted by Gasteiger charge is -2.18. The average Bonchev–Trinajstić information content (AvgIpc) is 3.36. The fourth-order valence-corrected chi connectivity index (χ4v) is 3.12. The number of alkyl halides is 2. The number of hydrazine groups is 1. The second kappa shape index (κ2) is 7.17. The highest BCUT2D eigenvalue weighted by molar-refractivity contribution is 6.30. The summed E-state index contributed by atoms with van der Waals surface area (Å²) in [6.45, 7) is -2.43. The number of pyridine rings is 1. The number of aliphatic imine (C=N–C) groups is 1. The predicted molar refractivity (Wildman–Crippen MR) is 95.0 cm³/mol. The van der Waals surface area contributed by atoms with Crippen molar-refractivity contribution in [2.75, 3.05) is 0 Å². The van der Waals surface area contributed by atoms with Gasteiger partial charge in [0.1, 0.15) is 12.5 Å². The van der Waals surface area contributed by atoms with Gasteiger partial charge in [-0.3, -0.25) is 10.0 Å². The topological polar surface area (TPSA) is 49.8 Å². The Bertz CT molecular complexity index is 829. The minimum Gasteiger partial charge on any atom is -0.416 e. The van der Waals surface area contributed by atoms with Crippen LogP contribution < -0.4 is 10.2 Å². The lowest BCUT2D eigenvalue weighted by molar-refractivity contribution is -0.0524. The highest BCUT2D eigenvalue weighted by atomic mass is 35.5. The molecule has 0 amide bonds. The summed E-state index contributed by atoms with van der Waals surface area (Å²) < 4.78 is 30.0. The molecular weight excluding hydrogens is 362 g/mol. The van der Waals surface area contributed by atoms with E-state index in [9.17, 15) is 8.78 Å². The van der Waals surface area contributed by atoms with Crippen molar-refractivity contribution in [1.29, 1.82) is 0 Å². The van der Waals surface area contributed by atoms with Crippen LogP contribution >= 0.6 is 11.6 Å². The molecule has 26 heavy (non-hydrogen) atoms. The molecule has 1 aliphatic heterocycles. The van der Waals surface area contributed by atoms with Crippen LogP contribution in [0.1, 0.15) is 18.4 Å². The van der Waals surface area contributed by atoms with Gasteiger partial charge in [0, 0.05) is 16.8 Å². The van der Waals surface area contributed by atoms with Crippen LogP contribution in [0, 0.1) is 5.92 Å². The SMILES string of the molecule is FC(F)Oc1ncc(CN2C=NC(C3CC3)N2)cc1-c1cccc(Cl)c1. The van der Waals surface area contributed by atoms with E-state index in [1.54, 1.807) is 36.7 Å². The van der Waals surface area contributed by atoms with Gasteiger partial charge in [0.15, 0.2) is 0 Å². The van der Waals surface area contributed by atoms with Crippen LogP contribution in [-0.4, -0.2) is 29.1 Å². The molecule has 136 valence electrons. The Morgan fingerprint density at radius 3 is 2.88 bits per heavy atom. The van der Waals surface area contributed by atoms with Crippen LogP contribution in [0.2, 0.25) is 5.02 Å². The molecule has 1 unspecified atom stereocenters. The first-order valence-electron chi connectivity index (χ1n) is 8.34. The van der Waals surface area contributed by atoms with Gasteiger partial charge in [-0.1, -0.05) is 23.7 Å². The van der Waals surface area contributed by atoms with Crippen molar-refractivity contribution in [2.24, 2.45) is 10.9 Å². The average molecular weight is 379 g/mol. The Kier molecular flexibility index (Phi) is 4.74. The number of aromatic nitrogens is 1. The van der Waals surface area contributed by atoms with Crippen LogP contribution in [0.4, 0.5) is 8.78 Å². The van der Waals surface area contributed by atoms with Crippen LogP contribution in [0.3, 0.4) is 0 Å². The molecule has 1 atom stereocenters. The summed E-state index contributed by atoms with van der Waals surface area (Å²) in [6.07, 6.45) is 5.83. The molecule has 0 radical (unpaired) electrons. The predicted octanol–water partition coefficient (Wildman–Crippen LogP) is 4.09. The third-order valence-electron chi connectivity index (χ3n) is 4.33. The Morgan fingerprint density at radius 1 is 1.31 bits per heavy atom. The van der Waals surface area contributed by atoms with E-state index in [-0.39, 0.29) is 12.0 Å². The van der Waals surface area contributed by atoms with E-state index >= 15 is 0 Å². The molecule has 8 heteroatoms. The lowest BCUT2D eigenvalue weighted by atomic mass is 10.1. The van der Waals surface area contributed by atoms with Crippen molar-refractivity contribution in [3.8, 4) is 17.0 Å². The maximum Gasteiger partial charge on any atom is 0.388 e. The normalized spacial score (nSPS) is 19.4. The highest BCUT2D eigenvalue weighted by Crippen LogP contribution is 2.35. The van der Waals surface area contributed by atoms with Gasteiger partial charge in [0.05, 0.1) is 6.54 Å². The molecule has 4 rings (SSSR count). The van der Waals surface area contributed by atoms with E-state index in [0.29, 0.717) is 28.6 Å². The second-order valence-electron chi connectivity index (χ2n) is 6.39. The van der Waals surface area contributed by atoms with Gasteiger partial charge < -0.3 is 4.74 Å². The van der Waals surface area contributed by atoms with Crippen molar-refractivity contribution >= 4 is 17.9 Å². The largest absolute Gasteiger partial charge is 0.416 e. The van der Waals surface area contributed by atoms with Gasteiger partial charge in [-0.05, 0) is 48.1 Å². The third-order valence-corrected chi connectivity index (χ3v) is 4.57. The minimum atomic E-state index is -2.95. The van der Waals surface area contributed by atoms with Crippen molar-refractivity contribution in [1.82, 2.24) is 15.4 Å². The number of ether oxygens (including phenoxy) is 1. The van der Waals surface area contributed by atoms with Gasteiger partial charge in [0.25, 0.3) is 0 Å². The summed E-state index contributed by atoms with van der Waals surface area (Å²) in [4.78, 5) is 8.54. The standard InChI is InChI=1S/C18H17ClF2N4O/c19-14-3-1-2-13(7-14)15-6-11(8-22-17(15)26-18(20)21)9-25-10-23-16(24-25)12-4-5-12/h1-3,6-8,10,12,16,18,24H,4-5,9H2. The van der Waals surface area contributed by atoms with Crippen LogP contribution in [-0.2, 0) is 6.54 Å². The Labute approximate surface area is 154 Å². The number of hydrogen-bond acceptors (Lipinski definition) is 5. The Hall–Kier alpha value is -2.25. The molecule has 1 aromatic carbocycles. The Balaban J connectivity index is 1.58. The van der Waals surface area contributed by atoms with E-state index in [1.165, 1.54) is 19.0 Å². The number of nitrogens with one attached hydrogen (secondary N) is 1. The molecule has 1 aromatic heterocycles. The number of rotatable bonds is 6. The molecule has 1 fully saturated rings. The summed E-state index contributed by atoms with van der Waals surface area (Å²) >= 11 is 6.04. The molecule has 0 bridgehead atoms. The fraction of sp³-hybridized carbons (Fsp3) is 0.333. The first-order valence-corrected chi connectivity index (χ1v) is 8.72. The number of nitrogens with zero attached hydrogens (tertiary/aromatic N) is 3. The van der Waals surface area contributed by atoms with Crippen molar-refractivity contribution < 1.29 is 13.5 Å². The van der Waals surface area contributed by atoms with E-state index < -0.39 is 6.61 Å². The molecule has 5 nitrogen and oxygen atoms in total. The summed E-state index contributed by atoms with van der Waals surface area (Å²) in [5, 5.41) is 2.39. The van der Waals surface area contributed by atoms with Gasteiger partial charge in [-0.25, -0.2) is 10.4 Å². The quantitative estimate of drug-likeness (QED) is 0.822. The monoisotopic (exact) mass is 378 g/mol. The van der Waals surface area contributed by atoms with Gasteiger partial charge in [-0.15, -0.1) is 0 Å². The summed E-state index contributed by atoms with van der Waals surface area (Å²) in [7, 11) is 0. The van der Waals surface area contributed by atoms with Crippen molar-refractivity contribution in [3.63, 3.8) is 0 Å². The second-order valence-corrected chi connectivity index (χ2v) is 6.83. The number of hydrogen-bond donors (Lipinski definition) is 1. The first-order chi connectivity index (χ1) is 12.6. The zero-order valence-electron chi connectivity index (χ0n) is 13.8. The number of halogens is 3. The molecule has 2 aliphatic rings. The summed E-state index contributed by atoms with van der Waals surface area (Å²) in [5.74, 6) is 0.489. The highest BCUT2D eigenvalue weighted by Gasteiger charge is 2.34. The fourth-order valence-electron chi connectivity index (χ4n) is 2.93. The van der Waals surface area contributed by atoms with Crippen LogP contribution in [0.15, 0.2) is 41.5 Å². The van der Waals surface area contributed by atoms with Gasteiger partial charge in [-0.2, -0.15) is 8.78 Å². The third kappa shape index (κ3) is 3.94. The van der Waals surface area contributed by atoms with E-state index in [0.717, 1.165) is 5.56 Å². The molecule has 2 heterocycles. The molecule has 1 saturated carbocycles. The molecule has 0 spiro atoms. The summed E-state index contributed by atoms with van der Waals surface area (Å²) in [6, 6.07) is 8.74. The number of benzene rings is 1. The van der Waals surface area contributed by atoms with Crippen molar-refractivity contribution in [2.45, 2.75) is 32.2 Å². The smallest absolute Gasteiger partial charge is 0.388 e. The van der Waals surface area contributed by atoms with Gasteiger partial charge in [0.2, 0.25) is 5.88 Å².